The predicted molar refractivity (Wildman–Crippen MR) is 63.7 cm³/mol. The van der Waals surface area contributed by atoms with E-state index in [1.165, 1.54) is 12.1 Å². The zero-order valence-electron chi connectivity index (χ0n) is 10.2. The van der Waals surface area contributed by atoms with Crippen LogP contribution in [0.5, 0.6) is 0 Å². The van der Waals surface area contributed by atoms with Gasteiger partial charge in [0.25, 0.3) is 0 Å². The van der Waals surface area contributed by atoms with E-state index in [-0.39, 0.29) is 11.6 Å². The van der Waals surface area contributed by atoms with Gasteiger partial charge in [0.15, 0.2) is 0 Å². The van der Waals surface area contributed by atoms with Crippen molar-refractivity contribution in [3.05, 3.63) is 35.4 Å². The summed E-state index contributed by atoms with van der Waals surface area (Å²) < 4.78 is 26.6. The molecule has 0 saturated carbocycles. The van der Waals surface area contributed by atoms with Crippen molar-refractivity contribution >= 4 is 0 Å². The normalized spacial score (nSPS) is 26.1. The molecule has 0 bridgehead atoms. The Hall–Kier alpha value is -1.00. The Bertz CT molecular complexity index is 395. The number of nitrogens with zero attached hydrogens (tertiary/aromatic N) is 1. The van der Waals surface area contributed by atoms with Crippen molar-refractivity contribution in [2.45, 2.75) is 32.5 Å². The standard InChI is InChI=1S/C13H18F2N2/c1-9-7-17(10(2)6-16-9)8-11-5-12(14)3-4-13(11)15/h3-5,9-10,16H,6-8H2,1-2H3. The van der Waals surface area contributed by atoms with Gasteiger partial charge < -0.3 is 5.32 Å². The molecule has 1 aromatic carbocycles. The fraction of sp³-hybridized carbons (Fsp3) is 0.538. The zero-order valence-corrected chi connectivity index (χ0v) is 10.2. The number of rotatable bonds is 2. The van der Waals surface area contributed by atoms with E-state index in [9.17, 15) is 8.78 Å². The summed E-state index contributed by atoms with van der Waals surface area (Å²) in [6.45, 7) is 6.41. The molecule has 0 aromatic heterocycles. The second-order valence-electron chi connectivity index (χ2n) is 4.82. The summed E-state index contributed by atoms with van der Waals surface area (Å²) in [7, 11) is 0. The average Bonchev–Trinajstić information content (AvgIpc) is 2.28. The third-order valence-electron chi connectivity index (χ3n) is 3.27. The van der Waals surface area contributed by atoms with Crippen molar-refractivity contribution in [3.63, 3.8) is 0 Å². The van der Waals surface area contributed by atoms with Gasteiger partial charge in [0.1, 0.15) is 11.6 Å². The second-order valence-corrected chi connectivity index (χ2v) is 4.82. The van der Waals surface area contributed by atoms with Crippen LogP contribution in [0.3, 0.4) is 0 Å². The fourth-order valence-corrected chi connectivity index (χ4v) is 2.20. The Labute approximate surface area is 101 Å². The van der Waals surface area contributed by atoms with Crippen molar-refractivity contribution in [1.29, 1.82) is 0 Å². The number of halogens is 2. The summed E-state index contributed by atoms with van der Waals surface area (Å²) in [5.41, 5.74) is 0.436. The van der Waals surface area contributed by atoms with Crippen LogP contribution in [-0.4, -0.2) is 30.1 Å². The SMILES string of the molecule is CC1CN(Cc2cc(F)ccc2F)C(C)CN1. The molecule has 2 unspecified atom stereocenters. The van der Waals surface area contributed by atoms with E-state index in [1.54, 1.807) is 0 Å². The van der Waals surface area contributed by atoms with E-state index in [4.69, 9.17) is 0 Å². The maximum atomic E-state index is 13.5. The van der Waals surface area contributed by atoms with Gasteiger partial charge in [-0.15, -0.1) is 0 Å². The van der Waals surface area contributed by atoms with Gasteiger partial charge >= 0.3 is 0 Å². The van der Waals surface area contributed by atoms with Crippen LogP contribution in [0, 0.1) is 11.6 Å². The summed E-state index contributed by atoms with van der Waals surface area (Å²) in [4.78, 5) is 2.18. The molecule has 0 radical (unpaired) electrons. The topological polar surface area (TPSA) is 15.3 Å². The lowest BCUT2D eigenvalue weighted by molar-refractivity contribution is 0.137. The predicted octanol–water partition coefficient (Wildman–Crippen LogP) is 2.15. The molecule has 1 heterocycles. The molecule has 1 N–H and O–H groups in total. The first kappa shape index (κ1) is 12.5. The van der Waals surface area contributed by atoms with E-state index >= 15 is 0 Å². The van der Waals surface area contributed by atoms with E-state index in [1.807, 2.05) is 0 Å². The van der Waals surface area contributed by atoms with Crippen molar-refractivity contribution in [3.8, 4) is 0 Å². The summed E-state index contributed by atoms with van der Waals surface area (Å²) in [5.74, 6) is -0.706. The number of benzene rings is 1. The lowest BCUT2D eigenvalue weighted by Crippen LogP contribution is -2.53. The maximum Gasteiger partial charge on any atom is 0.127 e. The largest absolute Gasteiger partial charge is 0.311 e. The summed E-state index contributed by atoms with van der Waals surface area (Å²) >= 11 is 0. The van der Waals surface area contributed by atoms with Crippen LogP contribution >= 0.6 is 0 Å². The highest BCUT2D eigenvalue weighted by Crippen LogP contribution is 2.16. The monoisotopic (exact) mass is 240 g/mol. The zero-order chi connectivity index (χ0) is 12.4. The highest BCUT2D eigenvalue weighted by molar-refractivity contribution is 5.18. The smallest absolute Gasteiger partial charge is 0.127 e. The Morgan fingerprint density at radius 2 is 2.12 bits per heavy atom. The van der Waals surface area contributed by atoms with Crippen LogP contribution in [0.1, 0.15) is 19.4 Å². The molecule has 1 saturated heterocycles. The van der Waals surface area contributed by atoms with Gasteiger partial charge in [-0.3, -0.25) is 4.90 Å². The first-order chi connectivity index (χ1) is 8.06. The van der Waals surface area contributed by atoms with Gasteiger partial charge in [-0.05, 0) is 32.0 Å². The van der Waals surface area contributed by atoms with Crippen molar-refractivity contribution < 1.29 is 8.78 Å². The van der Waals surface area contributed by atoms with Gasteiger partial charge in [0.05, 0.1) is 0 Å². The lowest BCUT2D eigenvalue weighted by Gasteiger charge is -2.37. The number of nitrogens with one attached hydrogen (secondary N) is 1. The Morgan fingerprint density at radius 1 is 1.35 bits per heavy atom. The van der Waals surface area contributed by atoms with Crippen LogP contribution in [-0.2, 0) is 6.54 Å². The minimum atomic E-state index is -0.378. The summed E-state index contributed by atoms with van der Waals surface area (Å²) in [6, 6.07) is 4.37. The van der Waals surface area contributed by atoms with Crippen molar-refractivity contribution in [2.24, 2.45) is 0 Å². The molecule has 94 valence electrons. The van der Waals surface area contributed by atoms with Crippen LogP contribution in [0.2, 0.25) is 0 Å². The van der Waals surface area contributed by atoms with Gasteiger partial charge in [-0.1, -0.05) is 0 Å². The highest BCUT2D eigenvalue weighted by atomic mass is 19.1. The molecule has 2 rings (SSSR count). The van der Waals surface area contributed by atoms with Crippen LogP contribution in [0.25, 0.3) is 0 Å². The first-order valence-electron chi connectivity index (χ1n) is 5.97. The molecule has 1 aliphatic heterocycles. The molecule has 1 fully saturated rings. The minimum absolute atomic E-state index is 0.329. The number of piperazine rings is 1. The van der Waals surface area contributed by atoms with Gasteiger partial charge in [-0.25, -0.2) is 8.78 Å². The molecule has 0 amide bonds. The van der Waals surface area contributed by atoms with E-state index in [0.29, 0.717) is 24.2 Å². The molecule has 0 spiro atoms. The van der Waals surface area contributed by atoms with E-state index in [2.05, 4.69) is 24.1 Å². The van der Waals surface area contributed by atoms with Gasteiger partial charge in [0.2, 0.25) is 0 Å². The van der Waals surface area contributed by atoms with Crippen LogP contribution in [0.15, 0.2) is 18.2 Å². The molecular weight excluding hydrogens is 222 g/mol. The Kier molecular flexibility index (Phi) is 3.74. The molecule has 4 heteroatoms. The van der Waals surface area contributed by atoms with Crippen molar-refractivity contribution in [1.82, 2.24) is 10.2 Å². The molecular formula is C13H18F2N2. The number of hydrogen-bond donors (Lipinski definition) is 1. The fourth-order valence-electron chi connectivity index (χ4n) is 2.20. The number of hydrogen-bond acceptors (Lipinski definition) is 2. The lowest BCUT2D eigenvalue weighted by atomic mass is 10.1. The first-order valence-corrected chi connectivity index (χ1v) is 5.97. The highest BCUT2D eigenvalue weighted by Gasteiger charge is 2.23. The third kappa shape index (κ3) is 3.01. The molecule has 2 nitrogen and oxygen atoms in total. The van der Waals surface area contributed by atoms with Crippen LogP contribution in [0.4, 0.5) is 8.78 Å². The molecule has 17 heavy (non-hydrogen) atoms. The summed E-state index contributed by atoms with van der Waals surface area (Å²) in [5, 5.41) is 3.36. The molecule has 1 aromatic rings. The van der Waals surface area contributed by atoms with E-state index in [0.717, 1.165) is 19.2 Å². The maximum absolute atomic E-state index is 13.5. The molecule has 2 atom stereocenters. The second kappa shape index (κ2) is 5.10. The molecule has 1 aliphatic rings. The third-order valence-corrected chi connectivity index (χ3v) is 3.27. The van der Waals surface area contributed by atoms with Crippen LogP contribution < -0.4 is 5.32 Å². The van der Waals surface area contributed by atoms with E-state index < -0.39 is 0 Å². The quantitative estimate of drug-likeness (QED) is 0.852. The van der Waals surface area contributed by atoms with Gasteiger partial charge in [0, 0.05) is 37.3 Å². The molecule has 0 aliphatic carbocycles. The van der Waals surface area contributed by atoms with Gasteiger partial charge in [-0.2, -0.15) is 0 Å². The summed E-state index contributed by atoms with van der Waals surface area (Å²) in [6.07, 6.45) is 0. The average molecular weight is 240 g/mol. The Balaban J connectivity index is 2.11. The van der Waals surface area contributed by atoms with Crippen molar-refractivity contribution in [2.75, 3.05) is 13.1 Å². The Morgan fingerprint density at radius 3 is 2.88 bits per heavy atom. The minimum Gasteiger partial charge on any atom is -0.311 e.